The van der Waals surface area contributed by atoms with Crippen LogP contribution in [-0.4, -0.2) is 42.1 Å². The van der Waals surface area contributed by atoms with E-state index in [2.05, 4.69) is 27.5 Å². The molecule has 0 atom stereocenters. The monoisotopic (exact) mass is 278 g/mol. The molecule has 1 aliphatic carbocycles. The lowest BCUT2D eigenvalue weighted by Crippen LogP contribution is -2.36. The average Bonchev–Trinajstić information content (AvgIpc) is 3.19. The first kappa shape index (κ1) is 14.4. The first-order valence-corrected chi connectivity index (χ1v) is 6.97. The van der Waals surface area contributed by atoms with Crippen LogP contribution in [0.5, 0.6) is 0 Å². The molecule has 0 bridgehead atoms. The normalized spacial score (nSPS) is 13.9. The molecular weight excluding hydrogens is 256 g/mol. The maximum absolute atomic E-state index is 11.8. The molecule has 0 spiro atoms. The number of carbonyl (C=O) groups excluding carboxylic acids is 1. The number of nitrogens with zero attached hydrogens (tertiary/aromatic N) is 3. The molecule has 4 N–H and O–H groups in total. The molecule has 7 heteroatoms. The van der Waals surface area contributed by atoms with Crippen LogP contribution in [0.1, 0.15) is 26.2 Å². The van der Waals surface area contributed by atoms with Crippen LogP contribution in [0.25, 0.3) is 0 Å². The Balaban J connectivity index is 1.98. The zero-order chi connectivity index (χ0) is 14.5. The van der Waals surface area contributed by atoms with E-state index < -0.39 is 0 Å². The Hall–Kier alpha value is -2.05. The quantitative estimate of drug-likeness (QED) is 0.676. The number of hydrogen-bond donors (Lipinski definition) is 3. The van der Waals surface area contributed by atoms with Crippen LogP contribution >= 0.6 is 0 Å². The van der Waals surface area contributed by atoms with E-state index in [1.165, 1.54) is 0 Å². The number of nitrogens with one attached hydrogen (secondary N) is 2. The third kappa shape index (κ3) is 4.25. The minimum absolute atomic E-state index is 0.00949. The zero-order valence-electron chi connectivity index (χ0n) is 12.0. The Morgan fingerprint density at radius 1 is 1.50 bits per heavy atom. The van der Waals surface area contributed by atoms with Crippen LogP contribution in [0.2, 0.25) is 0 Å². The van der Waals surface area contributed by atoms with Crippen LogP contribution < -0.4 is 21.3 Å². The smallest absolute Gasteiger partial charge is 0.239 e. The highest BCUT2D eigenvalue weighted by atomic mass is 16.2. The second-order valence-corrected chi connectivity index (χ2v) is 5.09. The Morgan fingerprint density at radius 3 is 2.90 bits per heavy atom. The zero-order valence-corrected chi connectivity index (χ0v) is 12.0. The lowest BCUT2D eigenvalue weighted by atomic mass is 10.4. The number of likely N-dealkylation sites (N-methyl/N-ethyl adjacent to an activating group) is 1. The van der Waals surface area contributed by atoms with Gasteiger partial charge in [0.2, 0.25) is 11.9 Å². The van der Waals surface area contributed by atoms with Crippen LogP contribution in [0.15, 0.2) is 6.07 Å². The number of anilines is 3. The van der Waals surface area contributed by atoms with Gasteiger partial charge in [0.15, 0.2) is 0 Å². The molecule has 1 fully saturated rings. The number of nitrogen functional groups attached to an aromatic ring is 1. The molecule has 0 unspecified atom stereocenters. The number of rotatable bonds is 7. The van der Waals surface area contributed by atoms with E-state index in [0.29, 0.717) is 17.7 Å². The summed E-state index contributed by atoms with van der Waals surface area (Å²) in [5, 5.41) is 6.11. The van der Waals surface area contributed by atoms with Crippen molar-refractivity contribution in [3.63, 3.8) is 0 Å². The van der Waals surface area contributed by atoms with E-state index in [1.807, 2.05) is 7.05 Å². The van der Waals surface area contributed by atoms with Gasteiger partial charge >= 0.3 is 0 Å². The van der Waals surface area contributed by atoms with Gasteiger partial charge in [0.25, 0.3) is 0 Å². The molecule has 7 nitrogen and oxygen atoms in total. The number of nitrogens with two attached hydrogens (primary N) is 1. The highest BCUT2D eigenvalue weighted by Gasteiger charge is 2.23. The van der Waals surface area contributed by atoms with Crippen molar-refractivity contribution in [3.05, 3.63) is 6.07 Å². The molecule has 0 radical (unpaired) electrons. The van der Waals surface area contributed by atoms with Gasteiger partial charge in [-0.25, -0.2) is 0 Å². The molecule has 0 aromatic carbocycles. The molecule has 20 heavy (non-hydrogen) atoms. The number of carbonyl (C=O) groups is 1. The Labute approximate surface area is 119 Å². The van der Waals surface area contributed by atoms with Crippen molar-refractivity contribution in [2.75, 3.05) is 36.1 Å². The number of amides is 1. The molecule has 1 amide bonds. The number of aromatic nitrogens is 2. The van der Waals surface area contributed by atoms with Gasteiger partial charge in [0.1, 0.15) is 11.6 Å². The summed E-state index contributed by atoms with van der Waals surface area (Å²) in [5.41, 5.74) is 5.70. The topological polar surface area (TPSA) is 96.2 Å². The third-order valence-corrected chi connectivity index (χ3v) is 3.00. The van der Waals surface area contributed by atoms with Crippen molar-refractivity contribution in [1.82, 2.24) is 15.3 Å². The average molecular weight is 278 g/mol. The standard InChI is InChI=1S/C13H22N6O/c1-3-6-15-10-7-11(18-13(14)17-10)19(2)8-12(20)16-9-4-5-9/h7,9H,3-6,8H2,1-2H3,(H,16,20)(H3,14,15,17,18). The molecule has 1 aromatic rings. The summed E-state index contributed by atoms with van der Waals surface area (Å²) in [6.07, 6.45) is 3.17. The van der Waals surface area contributed by atoms with Gasteiger partial charge < -0.3 is 21.3 Å². The number of hydrogen-bond acceptors (Lipinski definition) is 6. The summed E-state index contributed by atoms with van der Waals surface area (Å²) < 4.78 is 0. The second-order valence-electron chi connectivity index (χ2n) is 5.09. The SMILES string of the molecule is CCCNc1cc(N(C)CC(=O)NC2CC2)nc(N)n1. The van der Waals surface area contributed by atoms with Crippen molar-refractivity contribution in [3.8, 4) is 0 Å². The highest BCUT2D eigenvalue weighted by Crippen LogP contribution is 2.19. The summed E-state index contributed by atoms with van der Waals surface area (Å²) in [5.74, 6) is 1.54. The lowest BCUT2D eigenvalue weighted by molar-refractivity contribution is -0.119. The van der Waals surface area contributed by atoms with E-state index in [-0.39, 0.29) is 18.4 Å². The van der Waals surface area contributed by atoms with Gasteiger partial charge in [-0.05, 0) is 19.3 Å². The summed E-state index contributed by atoms with van der Waals surface area (Å²) in [4.78, 5) is 21.8. The van der Waals surface area contributed by atoms with Gasteiger partial charge in [0.05, 0.1) is 6.54 Å². The Bertz CT molecular complexity index is 474. The van der Waals surface area contributed by atoms with Gasteiger partial charge in [-0.1, -0.05) is 6.92 Å². The molecule has 1 aromatic heterocycles. The first-order chi connectivity index (χ1) is 9.58. The van der Waals surface area contributed by atoms with Crippen molar-refractivity contribution in [2.24, 2.45) is 0 Å². The molecule has 0 aliphatic heterocycles. The van der Waals surface area contributed by atoms with Crippen molar-refractivity contribution in [2.45, 2.75) is 32.2 Å². The minimum Gasteiger partial charge on any atom is -0.370 e. The predicted molar refractivity (Wildman–Crippen MR) is 79.7 cm³/mol. The summed E-state index contributed by atoms with van der Waals surface area (Å²) >= 11 is 0. The van der Waals surface area contributed by atoms with Gasteiger partial charge in [0, 0.05) is 25.7 Å². The molecular formula is C13H22N6O. The van der Waals surface area contributed by atoms with E-state index in [4.69, 9.17) is 5.73 Å². The van der Waals surface area contributed by atoms with E-state index in [0.717, 1.165) is 25.8 Å². The summed E-state index contributed by atoms with van der Waals surface area (Å²) in [6, 6.07) is 2.17. The summed E-state index contributed by atoms with van der Waals surface area (Å²) in [7, 11) is 1.82. The van der Waals surface area contributed by atoms with Crippen LogP contribution in [0.3, 0.4) is 0 Å². The Kier molecular flexibility index (Phi) is 4.60. The van der Waals surface area contributed by atoms with Gasteiger partial charge in [-0.3, -0.25) is 4.79 Å². The molecule has 1 heterocycles. The maximum atomic E-state index is 11.8. The van der Waals surface area contributed by atoms with Crippen LogP contribution in [-0.2, 0) is 4.79 Å². The summed E-state index contributed by atoms with van der Waals surface area (Å²) in [6.45, 7) is 3.16. The predicted octanol–water partition coefficient (Wildman–Crippen LogP) is 0.596. The molecule has 1 aliphatic rings. The van der Waals surface area contributed by atoms with Gasteiger partial charge in [-0.15, -0.1) is 0 Å². The third-order valence-electron chi connectivity index (χ3n) is 3.00. The maximum Gasteiger partial charge on any atom is 0.239 e. The van der Waals surface area contributed by atoms with Crippen LogP contribution in [0, 0.1) is 0 Å². The van der Waals surface area contributed by atoms with Crippen LogP contribution in [0.4, 0.5) is 17.6 Å². The fraction of sp³-hybridized carbons (Fsp3) is 0.615. The minimum atomic E-state index is 0.00949. The van der Waals surface area contributed by atoms with Crippen molar-refractivity contribution >= 4 is 23.5 Å². The molecule has 110 valence electrons. The molecule has 1 saturated carbocycles. The van der Waals surface area contributed by atoms with E-state index in [9.17, 15) is 4.79 Å². The fourth-order valence-electron chi connectivity index (χ4n) is 1.79. The van der Waals surface area contributed by atoms with E-state index in [1.54, 1.807) is 11.0 Å². The second kappa shape index (κ2) is 6.40. The molecule has 0 saturated heterocycles. The fourth-order valence-corrected chi connectivity index (χ4v) is 1.79. The van der Waals surface area contributed by atoms with Gasteiger partial charge in [-0.2, -0.15) is 9.97 Å². The van der Waals surface area contributed by atoms with E-state index >= 15 is 0 Å². The van der Waals surface area contributed by atoms with Crippen molar-refractivity contribution < 1.29 is 4.79 Å². The molecule has 2 rings (SSSR count). The largest absolute Gasteiger partial charge is 0.370 e. The highest BCUT2D eigenvalue weighted by molar-refractivity contribution is 5.81. The van der Waals surface area contributed by atoms with Crippen molar-refractivity contribution in [1.29, 1.82) is 0 Å². The lowest BCUT2D eigenvalue weighted by Gasteiger charge is -2.18. The first-order valence-electron chi connectivity index (χ1n) is 6.97. The Morgan fingerprint density at radius 2 is 2.25 bits per heavy atom.